The zero-order valence-corrected chi connectivity index (χ0v) is 24.2. The second-order valence-electron chi connectivity index (χ2n) is 8.66. The monoisotopic (exact) mass is 612 g/mol. The largest absolute Gasteiger partial charge is 0.317 e. The van der Waals surface area contributed by atoms with Gasteiger partial charge in [0.1, 0.15) is 6.54 Å². The molecule has 0 radical (unpaired) electrons. The number of aromatic nitrogens is 1. The Morgan fingerprint density at radius 2 is 1.71 bits per heavy atom. The standard InChI is InChI=1S/C28H26BrClN4O3S/c1-19-13-14-23(16-26(19)30)33(38(36,37)24-9-5-4-6-10-24)18-28(35)32-31-17-22-15-20(2)34(21(22)3)27-12-8-7-11-25(27)29/h4-17H,18H2,1-3H3,(H,32,35)/b31-17-. The number of hydrogen-bond acceptors (Lipinski definition) is 4. The molecule has 38 heavy (non-hydrogen) atoms. The highest BCUT2D eigenvalue weighted by Crippen LogP contribution is 2.28. The fraction of sp³-hybridized carbons (Fsp3) is 0.143. The number of hydrogen-bond donors (Lipinski definition) is 1. The predicted molar refractivity (Wildman–Crippen MR) is 156 cm³/mol. The van der Waals surface area contributed by atoms with Gasteiger partial charge >= 0.3 is 0 Å². The summed E-state index contributed by atoms with van der Waals surface area (Å²) < 4.78 is 31.0. The van der Waals surface area contributed by atoms with Gasteiger partial charge in [0.15, 0.2) is 0 Å². The van der Waals surface area contributed by atoms with Crippen LogP contribution in [0.2, 0.25) is 5.02 Å². The van der Waals surface area contributed by atoms with Crippen molar-refractivity contribution in [1.29, 1.82) is 0 Å². The number of amides is 1. The number of benzene rings is 3. The minimum absolute atomic E-state index is 0.0625. The van der Waals surface area contributed by atoms with Crippen molar-refractivity contribution in [3.63, 3.8) is 0 Å². The van der Waals surface area contributed by atoms with Crippen LogP contribution in [0.25, 0.3) is 5.69 Å². The Morgan fingerprint density at radius 3 is 2.39 bits per heavy atom. The molecular formula is C28H26BrClN4O3S. The van der Waals surface area contributed by atoms with Crippen LogP contribution in [0.4, 0.5) is 5.69 Å². The van der Waals surface area contributed by atoms with Gasteiger partial charge in [-0.15, -0.1) is 0 Å². The Hall–Kier alpha value is -3.40. The van der Waals surface area contributed by atoms with Gasteiger partial charge in [-0.2, -0.15) is 5.10 Å². The SMILES string of the molecule is Cc1ccc(N(CC(=O)N/N=C\c2cc(C)n(-c3ccccc3Br)c2C)S(=O)(=O)c2ccccc2)cc1Cl. The second kappa shape index (κ2) is 11.6. The van der Waals surface area contributed by atoms with Gasteiger partial charge in [-0.05, 0) is 84.7 Å². The molecule has 0 saturated carbocycles. The number of anilines is 1. The summed E-state index contributed by atoms with van der Waals surface area (Å²) in [5, 5.41) is 4.51. The number of carbonyl (C=O) groups is 1. The molecular weight excluding hydrogens is 588 g/mol. The third-order valence-corrected chi connectivity index (χ3v) is 8.88. The lowest BCUT2D eigenvalue weighted by atomic mass is 10.2. The molecule has 0 fully saturated rings. The van der Waals surface area contributed by atoms with E-state index in [1.807, 2.05) is 51.1 Å². The molecule has 0 spiro atoms. The van der Waals surface area contributed by atoms with Crippen molar-refractivity contribution in [3.05, 3.63) is 111 Å². The van der Waals surface area contributed by atoms with Crippen molar-refractivity contribution in [1.82, 2.24) is 9.99 Å². The summed E-state index contributed by atoms with van der Waals surface area (Å²) >= 11 is 9.87. The van der Waals surface area contributed by atoms with Gasteiger partial charge in [-0.3, -0.25) is 9.10 Å². The average Bonchev–Trinajstić information content (AvgIpc) is 3.17. The molecule has 0 aliphatic carbocycles. The van der Waals surface area contributed by atoms with Gasteiger partial charge < -0.3 is 4.57 Å². The number of halogens is 2. The number of sulfonamides is 1. The summed E-state index contributed by atoms with van der Waals surface area (Å²) in [5.74, 6) is -0.600. The second-order valence-corrected chi connectivity index (χ2v) is 11.8. The van der Waals surface area contributed by atoms with E-state index < -0.39 is 22.5 Å². The normalized spacial score (nSPS) is 11.6. The Balaban J connectivity index is 1.57. The highest BCUT2D eigenvalue weighted by molar-refractivity contribution is 9.10. The molecule has 0 aliphatic heterocycles. The third-order valence-electron chi connectivity index (χ3n) is 6.02. The Labute approximate surface area is 235 Å². The molecule has 1 heterocycles. The lowest BCUT2D eigenvalue weighted by Gasteiger charge is -2.24. The maximum atomic E-state index is 13.5. The number of rotatable bonds is 8. The summed E-state index contributed by atoms with van der Waals surface area (Å²) in [6.45, 7) is 5.29. The molecule has 1 amide bonds. The molecule has 4 aromatic rings. The molecule has 196 valence electrons. The molecule has 0 aliphatic rings. The highest BCUT2D eigenvalue weighted by atomic mass is 79.9. The van der Waals surface area contributed by atoms with Gasteiger partial charge in [0.2, 0.25) is 0 Å². The smallest absolute Gasteiger partial charge is 0.264 e. The Bertz CT molecular complexity index is 1620. The number of nitrogens with one attached hydrogen (secondary N) is 1. The van der Waals surface area contributed by atoms with E-state index >= 15 is 0 Å². The zero-order chi connectivity index (χ0) is 27.4. The maximum Gasteiger partial charge on any atom is 0.264 e. The van der Waals surface area contributed by atoms with Gasteiger partial charge in [0.05, 0.1) is 22.5 Å². The number of carbonyl (C=O) groups excluding carboxylic acids is 1. The van der Waals surface area contributed by atoms with Crippen LogP contribution in [0.3, 0.4) is 0 Å². The van der Waals surface area contributed by atoms with Crippen LogP contribution in [0.1, 0.15) is 22.5 Å². The van der Waals surface area contributed by atoms with E-state index in [1.165, 1.54) is 18.2 Å². The van der Waals surface area contributed by atoms with Crippen molar-refractivity contribution in [2.75, 3.05) is 10.8 Å². The average molecular weight is 614 g/mol. The molecule has 3 aromatic carbocycles. The van der Waals surface area contributed by atoms with Crippen LogP contribution in [-0.2, 0) is 14.8 Å². The van der Waals surface area contributed by atoms with E-state index in [0.717, 1.165) is 37.0 Å². The predicted octanol–water partition coefficient (Wildman–Crippen LogP) is 6.16. The summed E-state index contributed by atoms with van der Waals surface area (Å²) in [6, 6.07) is 22.7. The molecule has 4 rings (SSSR count). The van der Waals surface area contributed by atoms with Gasteiger partial charge in [0.25, 0.3) is 15.9 Å². The molecule has 1 N–H and O–H groups in total. The number of hydrazone groups is 1. The maximum absolute atomic E-state index is 13.5. The topological polar surface area (TPSA) is 83.8 Å². The minimum Gasteiger partial charge on any atom is -0.317 e. The minimum atomic E-state index is -4.05. The number of para-hydroxylation sites is 1. The summed E-state index contributed by atoms with van der Waals surface area (Å²) in [7, 11) is -4.05. The van der Waals surface area contributed by atoms with Crippen LogP contribution in [-0.4, -0.2) is 31.7 Å². The van der Waals surface area contributed by atoms with Crippen LogP contribution in [0.15, 0.2) is 93.3 Å². The molecule has 1 aromatic heterocycles. The first-order valence-corrected chi connectivity index (χ1v) is 14.3. The quantitative estimate of drug-likeness (QED) is 0.191. The van der Waals surface area contributed by atoms with Gasteiger partial charge in [-0.1, -0.05) is 48.0 Å². The Kier molecular flexibility index (Phi) is 8.40. The fourth-order valence-corrected chi connectivity index (χ4v) is 6.10. The van der Waals surface area contributed by atoms with Crippen LogP contribution >= 0.6 is 27.5 Å². The lowest BCUT2D eigenvalue weighted by molar-refractivity contribution is -0.119. The van der Waals surface area contributed by atoms with Crippen LogP contribution in [0.5, 0.6) is 0 Å². The Morgan fingerprint density at radius 1 is 1.03 bits per heavy atom. The molecule has 0 atom stereocenters. The van der Waals surface area contributed by atoms with Gasteiger partial charge in [0, 0.05) is 26.4 Å². The first-order valence-electron chi connectivity index (χ1n) is 11.7. The molecule has 7 nitrogen and oxygen atoms in total. The van der Waals surface area contributed by atoms with Crippen molar-refractivity contribution < 1.29 is 13.2 Å². The summed E-state index contributed by atoms with van der Waals surface area (Å²) in [5.41, 5.74) is 7.28. The van der Waals surface area contributed by atoms with Crippen molar-refractivity contribution in [2.24, 2.45) is 5.10 Å². The van der Waals surface area contributed by atoms with E-state index in [-0.39, 0.29) is 10.6 Å². The van der Waals surface area contributed by atoms with Crippen molar-refractivity contribution in [3.8, 4) is 5.69 Å². The molecule has 0 unspecified atom stereocenters. The van der Waals surface area contributed by atoms with E-state index in [9.17, 15) is 13.2 Å². The molecule has 10 heteroatoms. The van der Waals surface area contributed by atoms with Crippen LogP contribution in [0, 0.1) is 20.8 Å². The van der Waals surface area contributed by atoms with Crippen LogP contribution < -0.4 is 9.73 Å². The van der Waals surface area contributed by atoms with E-state index in [4.69, 9.17) is 11.6 Å². The third kappa shape index (κ3) is 5.85. The van der Waals surface area contributed by atoms with Crippen molar-refractivity contribution >= 4 is 55.4 Å². The van der Waals surface area contributed by atoms with Gasteiger partial charge in [-0.25, -0.2) is 13.8 Å². The summed E-state index contributed by atoms with van der Waals surface area (Å²) in [6.07, 6.45) is 1.55. The van der Waals surface area contributed by atoms with E-state index in [2.05, 4.69) is 31.0 Å². The van der Waals surface area contributed by atoms with E-state index in [1.54, 1.807) is 36.5 Å². The number of aryl methyl sites for hydroxylation is 2. The first-order chi connectivity index (χ1) is 18.1. The zero-order valence-electron chi connectivity index (χ0n) is 21.0. The van der Waals surface area contributed by atoms with E-state index in [0.29, 0.717) is 5.02 Å². The highest BCUT2D eigenvalue weighted by Gasteiger charge is 2.27. The molecule has 0 saturated heterocycles. The van der Waals surface area contributed by atoms with Crippen molar-refractivity contribution in [2.45, 2.75) is 25.7 Å². The lowest BCUT2D eigenvalue weighted by Crippen LogP contribution is -2.39. The number of nitrogens with zero attached hydrogens (tertiary/aromatic N) is 3. The fourth-order valence-electron chi connectivity index (χ4n) is 4.03. The summed E-state index contributed by atoms with van der Waals surface area (Å²) in [4.78, 5) is 13.0. The molecule has 0 bridgehead atoms. The first kappa shape index (κ1) is 27.6.